The van der Waals surface area contributed by atoms with Crippen molar-refractivity contribution in [2.75, 3.05) is 0 Å². The summed E-state index contributed by atoms with van der Waals surface area (Å²) in [5.41, 5.74) is 26.1. The summed E-state index contributed by atoms with van der Waals surface area (Å²) >= 11 is 0. The van der Waals surface area contributed by atoms with Crippen molar-refractivity contribution in [3.63, 3.8) is 0 Å². The first kappa shape index (κ1) is 88.8. The number of hydrogen-bond donors (Lipinski definition) is 0. The summed E-state index contributed by atoms with van der Waals surface area (Å²) in [7, 11) is 0. The fourth-order valence-electron chi connectivity index (χ4n) is 16.3. The monoisotopic (exact) mass is 1800 g/mol. The highest BCUT2D eigenvalue weighted by molar-refractivity contribution is 5.89. The van der Waals surface area contributed by atoms with Gasteiger partial charge >= 0.3 is 0 Å². The normalized spacial score (nSPS) is 10.7. The second-order valence-corrected chi connectivity index (χ2v) is 33.0. The second-order valence-electron chi connectivity index (χ2n) is 33.0. The molecule has 0 bridgehead atoms. The summed E-state index contributed by atoms with van der Waals surface area (Å²) in [6.07, 6.45) is 7.22. The van der Waals surface area contributed by atoms with Crippen molar-refractivity contribution in [3.05, 3.63) is 540 Å². The van der Waals surface area contributed by atoms with Crippen molar-refractivity contribution in [2.45, 2.75) is 0 Å². The first-order chi connectivity index (χ1) is 69.4. The highest BCUT2D eigenvalue weighted by atomic mass is 15.1. The van der Waals surface area contributed by atoms with Gasteiger partial charge in [-0.1, -0.05) is 443 Å². The summed E-state index contributed by atoms with van der Waals surface area (Å²) in [4.78, 5) is 61.5. The molecule has 0 atom stereocenters. The Morgan fingerprint density at radius 3 is 0.550 bits per heavy atom. The van der Waals surface area contributed by atoms with E-state index in [1.807, 2.05) is 261 Å². The van der Waals surface area contributed by atoms with E-state index in [0.717, 1.165) is 128 Å². The van der Waals surface area contributed by atoms with Gasteiger partial charge in [0, 0.05) is 97.1 Å². The molecule has 24 rings (SSSR count). The predicted molar refractivity (Wildman–Crippen MR) is 571 cm³/mol. The largest absolute Gasteiger partial charge is 0.264 e. The van der Waals surface area contributed by atoms with Gasteiger partial charge in [-0.3, -0.25) is 9.97 Å². The van der Waals surface area contributed by atoms with Crippen LogP contribution in [0.1, 0.15) is 0 Å². The highest BCUT2D eigenvalue weighted by Crippen LogP contribution is 2.37. The molecule has 140 heavy (non-hydrogen) atoms. The van der Waals surface area contributed by atoms with E-state index in [4.69, 9.17) is 39.9 Å². The molecule has 0 aliphatic rings. The Kier molecular flexibility index (Phi) is 27.7. The van der Waals surface area contributed by atoms with Gasteiger partial charge in [0.2, 0.25) is 0 Å². The molecule has 0 N–H and O–H groups in total. The van der Waals surface area contributed by atoms with E-state index in [-0.39, 0.29) is 0 Å². The average Bonchev–Trinajstić information content (AvgIpc) is 0.810. The number of pyridine rings is 4. The molecule has 7 aromatic heterocycles. The molecule has 17 aromatic carbocycles. The zero-order chi connectivity index (χ0) is 94.1. The highest BCUT2D eigenvalue weighted by Gasteiger charge is 2.19. The minimum Gasteiger partial charge on any atom is -0.264 e. The molecule has 24 aromatic rings. The summed E-state index contributed by atoms with van der Waals surface area (Å²) < 4.78 is 0. The van der Waals surface area contributed by atoms with Crippen LogP contribution in [0.25, 0.3) is 214 Å². The van der Waals surface area contributed by atoms with Gasteiger partial charge in [-0.25, -0.2) is 54.8 Å². The van der Waals surface area contributed by atoms with E-state index in [2.05, 4.69) is 292 Å². The van der Waals surface area contributed by atoms with Crippen LogP contribution in [-0.4, -0.2) is 64.8 Å². The van der Waals surface area contributed by atoms with Crippen LogP contribution >= 0.6 is 0 Å². The van der Waals surface area contributed by atoms with Crippen LogP contribution in [0.3, 0.4) is 0 Å². The minimum atomic E-state index is 0.654. The van der Waals surface area contributed by atoms with Crippen LogP contribution in [0, 0.1) is 0 Å². The molecule has 662 valence electrons. The zero-order valence-electron chi connectivity index (χ0n) is 76.2. The Hall–Kier alpha value is -19.1. The van der Waals surface area contributed by atoms with Gasteiger partial charge in [0.15, 0.2) is 52.4 Å². The van der Waals surface area contributed by atoms with Gasteiger partial charge in [-0.15, -0.1) is 0 Å². The van der Waals surface area contributed by atoms with Gasteiger partial charge in [0.1, 0.15) is 0 Å². The first-order valence-corrected chi connectivity index (χ1v) is 46.3. The molecule has 0 fully saturated rings. The quantitative estimate of drug-likeness (QED) is 0.0845. The molecular weight excluding hydrogens is 1710 g/mol. The average molecular weight is 1800 g/mol. The molecule has 0 aliphatic heterocycles. The lowest BCUT2D eigenvalue weighted by atomic mass is 10.00. The number of nitrogens with zero attached hydrogens (tertiary/aromatic N) is 13. The predicted octanol–water partition coefficient (Wildman–Crippen LogP) is 31.2. The molecule has 0 amide bonds. The first-order valence-electron chi connectivity index (χ1n) is 46.3. The molecule has 0 aliphatic carbocycles. The van der Waals surface area contributed by atoms with Gasteiger partial charge in [-0.05, 0) is 139 Å². The van der Waals surface area contributed by atoms with Gasteiger partial charge in [0.05, 0.1) is 22.8 Å². The van der Waals surface area contributed by atoms with Crippen LogP contribution in [-0.2, 0) is 0 Å². The Bertz CT molecular complexity index is 7220. The Balaban J connectivity index is 0.000000109. The molecule has 13 nitrogen and oxygen atoms in total. The fraction of sp³-hybridized carbons (Fsp3) is 0. The number of aromatic nitrogens is 13. The summed E-state index contributed by atoms with van der Waals surface area (Å²) in [6.45, 7) is 0. The van der Waals surface area contributed by atoms with Crippen LogP contribution in [0.5, 0.6) is 0 Å². The van der Waals surface area contributed by atoms with Gasteiger partial charge in [0.25, 0.3) is 0 Å². The third kappa shape index (κ3) is 22.2. The smallest absolute Gasteiger partial charge is 0.164 e. The maximum absolute atomic E-state index is 4.95. The molecule has 0 spiro atoms. The standard InChI is InChI=1S/C33H23N3.C29H19N3.C23H17N.2C21H15N3/c1-4-12-24(13-5-1)27-18-10-20-29(22-27)32-34-31(26-16-8-3-9-17-26)35-33(36-32)30-21-11-19-28(23-30)25-14-6-2-7-15-25;1-2-10-22(11-3-1)27-30-28(25-16-14-20-8-4-6-12-23(20)18-25)32-29(31-27)26-17-15-21-9-5-7-13-24(21)19-26;1-4-10-18(11-5-1)21-16-22(19-12-6-2-7-13-19)24-23(17-21)20-14-8-3-9-15-20;1-4-10-16(11-5-1)19-22-20(17-12-6-2-7-13-17)24-21(23-19)18-14-8-3-9-15-18;1-2-6-16(7-3-1)19-12-20(17-8-4-10-22-14-17)24-21(13-19)18-9-5-11-23-15-18/h1-23H;1-19H;1-17H;2*1-15H. The lowest BCUT2D eigenvalue weighted by Gasteiger charge is -2.10. The van der Waals surface area contributed by atoms with E-state index in [1.54, 1.807) is 12.4 Å². The van der Waals surface area contributed by atoms with Crippen molar-refractivity contribution < 1.29 is 0 Å². The molecule has 0 saturated heterocycles. The van der Waals surface area contributed by atoms with Gasteiger partial charge in [-0.2, -0.15) is 0 Å². The third-order valence-electron chi connectivity index (χ3n) is 23.5. The van der Waals surface area contributed by atoms with Crippen molar-refractivity contribution in [2.24, 2.45) is 0 Å². The number of benzene rings is 17. The maximum atomic E-state index is 4.95. The van der Waals surface area contributed by atoms with E-state index in [1.165, 1.54) is 32.7 Å². The summed E-state index contributed by atoms with van der Waals surface area (Å²) in [6, 6.07) is 175. The molecule has 7 heterocycles. The van der Waals surface area contributed by atoms with Crippen molar-refractivity contribution >= 4 is 21.5 Å². The van der Waals surface area contributed by atoms with E-state index in [9.17, 15) is 0 Å². The number of rotatable bonds is 17. The van der Waals surface area contributed by atoms with Crippen LogP contribution < -0.4 is 0 Å². The second kappa shape index (κ2) is 43.7. The van der Waals surface area contributed by atoms with Crippen molar-refractivity contribution in [1.29, 1.82) is 0 Å². The lowest BCUT2D eigenvalue weighted by molar-refractivity contribution is 1.07. The van der Waals surface area contributed by atoms with Gasteiger partial charge < -0.3 is 0 Å². The SMILES string of the molecule is c1ccc(-c2cc(-c3ccccc3)nc(-c3ccccc3)c2)cc1.c1ccc(-c2cc(-c3cccnc3)nc(-c3cccnc3)c2)cc1.c1ccc(-c2cccc(-c3nc(-c4ccccc4)nc(-c4cccc(-c5ccccc5)c4)n3)c2)cc1.c1ccc(-c2nc(-c3ccc4ccccc4c3)nc(-c3ccc4ccccc4c3)n2)cc1.c1ccc(-c2nc(-c3ccccc3)nc(-c3ccccc3)n2)cc1. The Morgan fingerprint density at radius 2 is 0.293 bits per heavy atom. The van der Waals surface area contributed by atoms with E-state index < -0.39 is 0 Å². The maximum Gasteiger partial charge on any atom is 0.164 e. The Labute approximate surface area is 813 Å². The molecular formula is C127H89N13. The third-order valence-corrected chi connectivity index (χ3v) is 23.5. The van der Waals surface area contributed by atoms with Crippen LogP contribution in [0.2, 0.25) is 0 Å². The van der Waals surface area contributed by atoms with Crippen LogP contribution in [0.15, 0.2) is 540 Å². The summed E-state index contributed by atoms with van der Waals surface area (Å²) in [5.74, 6) is 6.04. The van der Waals surface area contributed by atoms with Crippen molar-refractivity contribution in [3.8, 4) is 192 Å². The molecule has 0 saturated carbocycles. The topological polar surface area (TPSA) is 168 Å². The molecule has 0 radical (unpaired) electrons. The fourth-order valence-corrected chi connectivity index (χ4v) is 16.3. The zero-order valence-corrected chi connectivity index (χ0v) is 76.2. The summed E-state index contributed by atoms with van der Waals surface area (Å²) in [5, 5.41) is 4.73. The lowest BCUT2D eigenvalue weighted by Crippen LogP contribution is -2.00. The Morgan fingerprint density at radius 1 is 0.100 bits per heavy atom. The number of fused-ring (bicyclic) bond motifs is 2. The van der Waals surface area contributed by atoms with E-state index >= 15 is 0 Å². The molecule has 0 unspecified atom stereocenters. The van der Waals surface area contributed by atoms with Crippen LogP contribution in [0.4, 0.5) is 0 Å². The van der Waals surface area contributed by atoms with E-state index in [0.29, 0.717) is 52.4 Å². The minimum absolute atomic E-state index is 0.654. The number of hydrogen-bond acceptors (Lipinski definition) is 13. The molecule has 13 heteroatoms. The van der Waals surface area contributed by atoms with Crippen molar-refractivity contribution in [1.82, 2.24) is 64.8 Å².